The molecule has 0 unspecified atom stereocenters. The van der Waals surface area contributed by atoms with Crippen LogP contribution in [-0.4, -0.2) is 18.2 Å². The van der Waals surface area contributed by atoms with Gasteiger partial charge in [0.05, 0.1) is 11.3 Å². The van der Waals surface area contributed by atoms with Crippen LogP contribution in [0, 0.1) is 0 Å². The van der Waals surface area contributed by atoms with Crippen molar-refractivity contribution < 1.29 is 21.6 Å². The molecular weight excluding hydrogens is 391 g/mol. The summed E-state index contributed by atoms with van der Waals surface area (Å²) in [6, 6.07) is 9.33. The van der Waals surface area contributed by atoms with Gasteiger partial charge in [-0.25, -0.2) is 18.2 Å². The standard InChI is InChI=1S/C16H11ClF3N3O2S/c17-12-4-1-3-10(7-12)11-8-13(16(18,19)20)15(23-6-2-5-22-23)14(9-11)26(21,24)25/h1-9H,(H2,21,24,25). The lowest BCUT2D eigenvalue weighted by atomic mass is 10.0. The molecule has 0 atom stereocenters. The summed E-state index contributed by atoms with van der Waals surface area (Å²) in [7, 11) is -4.48. The molecule has 0 radical (unpaired) electrons. The lowest BCUT2D eigenvalue weighted by Crippen LogP contribution is -2.20. The fourth-order valence-electron chi connectivity index (χ4n) is 2.51. The van der Waals surface area contributed by atoms with Crippen LogP contribution >= 0.6 is 11.6 Å². The van der Waals surface area contributed by atoms with E-state index >= 15 is 0 Å². The predicted octanol–water partition coefficient (Wildman–Crippen LogP) is 3.86. The molecule has 0 aliphatic rings. The van der Waals surface area contributed by atoms with E-state index in [2.05, 4.69) is 5.10 Å². The third kappa shape index (κ3) is 3.59. The SMILES string of the molecule is NS(=O)(=O)c1cc(-c2cccc(Cl)c2)cc(C(F)(F)F)c1-n1cccn1. The Morgan fingerprint density at radius 2 is 1.81 bits per heavy atom. The summed E-state index contributed by atoms with van der Waals surface area (Å²) in [6.45, 7) is 0. The second kappa shape index (κ2) is 6.42. The quantitative estimate of drug-likeness (QED) is 0.723. The van der Waals surface area contributed by atoms with Crippen molar-refractivity contribution in [3.05, 3.63) is 65.4 Å². The van der Waals surface area contributed by atoms with E-state index in [9.17, 15) is 21.6 Å². The monoisotopic (exact) mass is 401 g/mol. The molecule has 10 heteroatoms. The molecule has 5 nitrogen and oxygen atoms in total. The van der Waals surface area contributed by atoms with Crippen molar-refractivity contribution in [2.45, 2.75) is 11.1 Å². The van der Waals surface area contributed by atoms with Crippen LogP contribution in [0.1, 0.15) is 5.56 Å². The third-order valence-electron chi connectivity index (χ3n) is 3.58. The van der Waals surface area contributed by atoms with Crippen molar-refractivity contribution in [2.75, 3.05) is 0 Å². The van der Waals surface area contributed by atoms with Gasteiger partial charge in [-0.05, 0) is 41.5 Å². The Kier molecular flexibility index (Phi) is 4.55. The molecule has 2 aromatic carbocycles. The van der Waals surface area contributed by atoms with Crippen LogP contribution in [-0.2, 0) is 16.2 Å². The highest BCUT2D eigenvalue weighted by molar-refractivity contribution is 7.89. The van der Waals surface area contributed by atoms with Gasteiger partial charge >= 0.3 is 6.18 Å². The zero-order valence-corrected chi connectivity index (χ0v) is 14.5. The number of aromatic nitrogens is 2. The second-order valence-corrected chi connectivity index (χ2v) is 7.34. The van der Waals surface area contributed by atoms with E-state index in [4.69, 9.17) is 16.7 Å². The number of sulfonamides is 1. The smallest absolute Gasteiger partial charge is 0.239 e. The molecular formula is C16H11ClF3N3O2S. The van der Waals surface area contributed by atoms with Gasteiger partial charge in [0.25, 0.3) is 0 Å². The Hall–Kier alpha value is -2.36. The maximum Gasteiger partial charge on any atom is 0.418 e. The summed E-state index contributed by atoms with van der Waals surface area (Å²) < 4.78 is 65.9. The third-order valence-corrected chi connectivity index (χ3v) is 4.74. The number of halogens is 4. The molecule has 1 aromatic heterocycles. The molecule has 136 valence electrons. The van der Waals surface area contributed by atoms with E-state index in [1.165, 1.54) is 30.6 Å². The fraction of sp³-hybridized carbons (Fsp3) is 0.0625. The number of primary sulfonamides is 1. The Morgan fingerprint density at radius 3 is 2.35 bits per heavy atom. The number of hydrogen-bond donors (Lipinski definition) is 1. The molecule has 0 bridgehead atoms. The molecule has 0 saturated carbocycles. The van der Waals surface area contributed by atoms with E-state index in [-0.39, 0.29) is 5.56 Å². The first kappa shape index (κ1) is 18.4. The lowest BCUT2D eigenvalue weighted by molar-refractivity contribution is -0.137. The fourth-order valence-corrected chi connectivity index (χ4v) is 3.47. The Labute approximate surface area is 151 Å². The number of nitrogens with two attached hydrogens (primary N) is 1. The Bertz CT molecular complexity index is 1060. The van der Waals surface area contributed by atoms with Crippen LogP contribution in [0.5, 0.6) is 0 Å². The minimum atomic E-state index is -4.84. The Morgan fingerprint density at radius 1 is 1.08 bits per heavy atom. The molecule has 26 heavy (non-hydrogen) atoms. The number of hydrogen-bond acceptors (Lipinski definition) is 3. The summed E-state index contributed by atoms with van der Waals surface area (Å²) in [4.78, 5) is -0.689. The number of alkyl halides is 3. The second-order valence-electron chi connectivity index (χ2n) is 5.37. The van der Waals surface area contributed by atoms with Gasteiger partial charge in [0.1, 0.15) is 4.90 Å². The van der Waals surface area contributed by atoms with E-state index in [0.29, 0.717) is 10.6 Å². The van der Waals surface area contributed by atoms with Crippen molar-refractivity contribution >= 4 is 21.6 Å². The predicted molar refractivity (Wildman–Crippen MR) is 90.4 cm³/mol. The van der Waals surface area contributed by atoms with Crippen molar-refractivity contribution in [2.24, 2.45) is 5.14 Å². The zero-order chi connectivity index (χ0) is 19.1. The normalized spacial score (nSPS) is 12.3. The van der Waals surface area contributed by atoms with Crippen LogP contribution in [0.25, 0.3) is 16.8 Å². The summed E-state index contributed by atoms with van der Waals surface area (Å²) in [6.07, 6.45) is -2.40. The molecule has 3 rings (SSSR count). The van der Waals surface area contributed by atoms with Crippen molar-refractivity contribution in [3.63, 3.8) is 0 Å². The maximum absolute atomic E-state index is 13.7. The molecule has 0 saturated heterocycles. The molecule has 0 aliphatic carbocycles. The molecule has 0 amide bonds. The van der Waals surface area contributed by atoms with Crippen LogP contribution in [0.2, 0.25) is 5.02 Å². The number of rotatable bonds is 3. The minimum absolute atomic E-state index is 0.0137. The van der Waals surface area contributed by atoms with Gasteiger partial charge in [-0.1, -0.05) is 23.7 Å². The molecule has 0 spiro atoms. The largest absolute Gasteiger partial charge is 0.418 e. The summed E-state index contributed by atoms with van der Waals surface area (Å²) in [5, 5.41) is 9.21. The van der Waals surface area contributed by atoms with Crippen LogP contribution in [0.15, 0.2) is 59.8 Å². The highest BCUT2D eigenvalue weighted by atomic mass is 35.5. The average Bonchev–Trinajstić information content (AvgIpc) is 3.06. The van der Waals surface area contributed by atoms with Crippen molar-refractivity contribution in [3.8, 4) is 16.8 Å². The van der Waals surface area contributed by atoms with Crippen molar-refractivity contribution in [1.82, 2.24) is 9.78 Å². The Balaban J connectivity index is 2.42. The van der Waals surface area contributed by atoms with E-state index < -0.39 is 32.3 Å². The summed E-state index contributed by atoms with van der Waals surface area (Å²) in [5.74, 6) is 0. The molecule has 0 aliphatic heterocycles. The zero-order valence-electron chi connectivity index (χ0n) is 12.9. The van der Waals surface area contributed by atoms with Gasteiger partial charge < -0.3 is 0 Å². The van der Waals surface area contributed by atoms with Crippen LogP contribution < -0.4 is 5.14 Å². The van der Waals surface area contributed by atoms with Crippen LogP contribution in [0.3, 0.4) is 0 Å². The van der Waals surface area contributed by atoms with E-state index in [1.54, 1.807) is 12.1 Å². The number of benzene rings is 2. The first-order valence-electron chi connectivity index (χ1n) is 7.11. The van der Waals surface area contributed by atoms with Crippen LogP contribution in [0.4, 0.5) is 13.2 Å². The van der Waals surface area contributed by atoms with Gasteiger partial charge in [-0.15, -0.1) is 0 Å². The van der Waals surface area contributed by atoms with Gasteiger partial charge in [0.2, 0.25) is 10.0 Å². The maximum atomic E-state index is 13.7. The first-order chi connectivity index (χ1) is 12.1. The van der Waals surface area contributed by atoms with Gasteiger partial charge in [-0.2, -0.15) is 18.3 Å². The number of nitrogens with zero attached hydrogens (tertiary/aromatic N) is 2. The van der Waals surface area contributed by atoms with E-state index in [1.807, 2.05) is 0 Å². The van der Waals surface area contributed by atoms with Crippen molar-refractivity contribution in [1.29, 1.82) is 0 Å². The highest BCUT2D eigenvalue weighted by Gasteiger charge is 2.37. The highest BCUT2D eigenvalue weighted by Crippen LogP contribution is 2.40. The average molecular weight is 402 g/mol. The first-order valence-corrected chi connectivity index (χ1v) is 9.04. The lowest BCUT2D eigenvalue weighted by Gasteiger charge is -2.18. The van der Waals surface area contributed by atoms with Gasteiger partial charge in [-0.3, -0.25) is 0 Å². The summed E-state index contributed by atoms with van der Waals surface area (Å²) in [5.41, 5.74) is -1.50. The minimum Gasteiger partial charge on any atom is -0.239 e. The molecule has 1 heterocycles. The summed E-state index contributed by atoms with van der Waals surface area (Å²) >= 11 is 5.89. The van der Waals surface area contributed by atoms with Gasteiger partial charge in [0.15, 0.2) is 0 Å². The van der Waals surface area contributed by atoms with Gasteiger partial charge in [0, 0.05) is 17.4 Å². The molecule has 3 aromatic rings. The van der Waals surface area contributed by atoms with E-state index in [0.717, 1.165) is 16.8 Å². The molecule has 0 fully saturated rings. The molecule has 2 N–H and O–H groups in total. The topological polar surface area (TPSA) is 78.0 Å².